The van der Waals surface area contributed by atoms with Crippen LogP contribution in [0.1, 0.15) is 23.3 Å². The molecule has 2 aromatic carbocycles. The maximum absolute atomic E-state index is 12.7. The number of methoxy groups -OCH3 is 2. The minimum atomic E-state index is -0.514. The van der Waals surface area contributed by atoms with Crippen LogP contribution in [0.4, 0.5) is 5.69 Å². The van der Waals surface area contributed by atoms with Crippen LogP contribution in [0, 0.1) is 0 Å². The van der Waals surface area contributed by atoms with E-state index in [1.807, 2.05) is 24.3 Å². The fourth-order valence-corrected chi connectivity index (χ4v) is 2.85. The van der Waals surface area contributed by atoms with Gasteiger partial charge < -0.3 is 19.4 Å². The van der Waals surface area contributed by atoms with Crippen molar-refractivity contribution in [2.24, 2.45) is 0 Å². The highest BCUT2D eigenvalue weighted by Gasteiger charge is 2.21. The Morgan fingerprint density at radius 3 is 2.38 bits per heavy atom. The first-order valence-corrected chi connectivity index (χ1v) is 8.18. The van der Waals surface area contributed by atoms with Crippen LogP contribution in [-0.2, 0) is 9.53 Å². The third-order valence-electron chi connectivity index (χ3n) is 4.30. The standard InChI is InChI=1S/C20H20N2O4/c1-13(19(23)21-14-8-10-15(25-2)11-9-14)22-12-17(20(24)26-3)16-6-4-5-7-18(16)22/h4-13H,1-3H3,(H,21,23)/t13-/m0/s1. The normalized spacial score (nSPS) is 11.8. The van der Waals surface area contributed by atoms with Gasteiger partial charge in [0.1, 0.15) is 11.8 Å². The molecule has 0 bridgehead atoms. The van der Waals surface area contributed by atoms with Crippen molar-refractivity contribution in [2.75, 3.05) is 19.5 Å². The van der Waals surface area contributed by atoms with E-state index in [4.69, 9.17) is 9.47 Å². The number of hydrogen-bond acceptors (Lipinski definition) is 4. The highest BCUT2D eigenvalue weighted by Crippen LogP contribution is 2.26. The molecule has 1 aromatic heterocycles. The zero-order valence-electron chi connectivity index (χ0n) is 14.9. The fraction of sp³-hybridized carbons (Fsp3) is 0.200. The number of para-hydroxylation sites is 1. The van der Waals surface area contributed by atoms with Gasteiger partial charge in [-0.25, -0.2) is 4.79 Å². The number of rotatable bonds is 5. The summed E-state index contributed by atoms with van der Waals surface area (Å²) < 4.78 is 11.7. The molecule has 3 rings (SSSR count). The number of esters is 1. The van der Waals surface area contributed by atoms with E-state index in [1.54, 1.807) is 49.1 Å². The van der Waals surface area contributed by atoms with Gasteiger partial charge in [0.15, 0.2) is 0 Å². The van der Waals surface area contributed by atoms with Gasteiger partial charge in [0.05, 0.1) is 19.8 Å². The van der Waals surface area contributed by atoms with Crippen molar-refractivity contribution < 1.29 is 19.1 Å². The zero-order valence-corrected chi connectivity index (χ0v) is 14.9. The Labute approximate surface area is 151 Å². The summed E-state index contributed by atoms with van der Waals surface area (Å²) in [5.41, 5.74) is 1.91. The molecule has 6 heteroatoms. The van der Waals surface area contributed by atoms with Gasteiger partial charge in [-0.3, -0.25) is 4.79 Å². The maximum Gasteiger partial charge on any atom is 0.340 e. The Morgan fingerprint density at radius 2 is 1.73 bits per heavy atom. The van der Waals surface area contributed by atoms with E-state index in [9.17, 15) is 9.59 Å². The number of nitrogens with zero attached hydrogens (tertiary/aromatic N) is 1. The van der Waals surface area contributed by atoms with Crippen molar-refractivity contribution in [1.29, 1.82) is 0 Å². The average molecular weight is 352 g/mol. The molecule has 1 N–H and O–H groups in total. The first-order chi connectivity index (χ1) is 12.5. The van der Waals surface area contributed by atoms with Gasteiger partial charge in [0.25, 0.3) is 0 Å². The molecule has 6 nitrogen and oxygen atoms in total. The summed E-state index contributed by atoms with van der Waals surface area (Å²) in [5, 5.41) is 3.63. The lowest BCUT2D eigenvalue weighted by atomic mass is 10.2. The summed E-state index contributed by atoms with van der Waals surface area (Å²) >= 11 is 0. The van der Waals surface area contributed by atoms with E-state index >= 15 is 0 Å². The Hall–Kier alpha value is -3.28. The fourth-order valence-electron chi connectivity index (χ4n) is 2.85. The number of benzene rings is 2. The Bertz CT molecular complexity index is 944. The first kappa shape index (κ1) is 17.5. The highest BCUT2D eigenvalue weighted by atomic mass is 16.5. The first-order valence-electron chi connectivity index (χ1n) is 8.18. The highest BCUT2D eigenvalue weighted by molar-refractivity contribution is 6.05. The molecule has 1 heterocycles. The number of ether oxygens (including phenoxy) is 2. The number of carbonyl (C=O) groups is 2. The Morgan fingerprint density at radius 1 is 1.04 bits per heavy atom. The summed E-state index contributed by atoms with van der Waals surface area (Å²) in [6, 6.07) is 14.0. The minimum Gasteiger partial charge on any atom is -0.497 e. The quantitative estimate of drug-likeness (QED) is 0.712. The average Bonchev–Trinajstić information content (AvgIpc) is 3.07. The SMILES string of the molecule is COC(=O)c1cn([C@@H](C)C(=O)Nc2ccc(OC)cc2)c2ccccc12. The molecule has 0 saturated heterocycles. The Kier molecular flexibility index (Phi) is 4.93. The van der Waals surface area contributed by atoms with Crippen LogP contribution in [0.5, 0.6) is 5.75 Å². The largest absolute Gasteiger partial charge is 0.497 e. The van der Waals surface area contributed by atoms with E-state index in [0.717, 1.165) is 16.7 Å². The van der Waals surface area contributed by atoms with Crippen molar-refractivity contribution in [3.05, 3.63) is 60.3 Å². The number of carbonyl (C=O) groups excluding carboxylic acids is 2. The Balaban J connectivity index is 1.90. The molecule has 1 amide bonds. The van der Waals surface area contributed by atoms with E-state index in [-0.39, 0.29) is 5.91 Å². The number of amides is 1. The van der Waals surface area contributed by atoms with Crippen molar-refractivity contribution >= 4 is 28.5 Å². The second-order valence-electron chi connectivity index (χ2n) is 5.85. The van der Waals surface area contributed by atoms with E-state index in [0.29, 0.717) is 11.3 Å². The number of aromatic nitrogens is 1. The summed E-state index contributed by atoms with van der Waals surface area (Å²) in [6.07, 6.45) is 1.66. The lowest BCUT2D eigenvalue weighted by molar-refractivity contribution is -0.118. The topological polar surface area (TPSA) is 69.6 Å². The lowest BCUT2D eigenvalue weighted by Crippen LogP contribution is -2.23. The molecule has 0 fully saturated rings. The molecular formula is C20H20N2O4. The van der Waals surface area contributed by atoms with Crippen molar-refractivity contribution in [2.45, 2.75) is 13.0 Å². The molecule has 0 saturated carbocycles. The van der Waals surface area contributed by atoms with Gasteiger partial charge in [-0.1, -0.05) is 18.2 Å². The molecule has 0 aliphatic heterocycles. The summed E-state index contributed by atoms with van der Waals surface area (Å²) in [6.45, 7) is 1.78. The van der Waals surface area contributed by atoms with Crippen LogP contribution in [0.25, 0.3) is 10.9 Å². The van der Waals surface area contributed by atoms with E-state index in [1.165, 1.54) is 7.11 Å². The maximum atomic E-state index is 12.7. The van der Waals surface area contributed by atoms with Gasteiger partial charge in [0, 0.05) is 22.8 Å². The van der Waals surface area contributed by atoms with Crippen LogP contribution < -0.4 is 10.1 Å². The second kappa shape index (κ2) is 7.31. The molecule has 0 aliphatic rings. The minimum absolute atomic E-state index is 0.188. The van der Waals surface area contributed by atoms with E-state index in [2.05, 4.69) is 5.32 Å². The van der Waals surface area contributed by atoms with Crippen LogP contribution >= 0.6 is 0 Å². The zero-order chi connectivity index (χ0) is 18.7. The molecule has 3 aromatic rings. The van der Waals surface area contributed by atoms with Gasteiger partial charge in [-0.2, -0.15) is 0 Å². The number of hydrogen-bond donors (Lipinski definition) is 1. The van der Waals surface area contributed by atoms with Gasteiger partial charge in [-0.15, -0.1) is 0 Å². The predicted octanol–water partition coefficient (Wildman–Crippen LogP) is 3.64. The van der Waals surface area contributed by atoms with Gasteiger partial charge in [-0.05, 0) is 37.3 Å². The molecule has 0 radical (unpaired) electrons. The molecule has 134 valence electrons. The molecule has 0 aliphatic carbocycles. The number of nitrogens with one attached hydrogen (secondary N) is 1. The van der Waals surface area contributed by atoms with Gasteiger partial charge in [0.2, 0.25) is 5.91 Å². The van der Waals surface area contributed by atoms with Crippen LogP contribution in [0.3, 0.4) is 0 Å². The van der Waals surface area contributed by atoms with Crippen LogP contribution in [0.15, 0.2) is 54.7 Å². The van der Waals surface area contributed by atoms with Crippen molar-refractivity contribution in [3.8, 4) is 5.75 Å². The van der Waals surface area contributed by atoms with Crippen molar-refractivity contribution in [1.82, 2.24) is 4.57 Å². The molecule has 26 heavy (non-hydrogen) atoms. The second-order valence-corrected chi connectivity index (χ2v) is 5.85. The summed E-state index contributed by atoms with van der Waals surface area (Å²) in [7, 11) is 2.93. The van der Waals surface area contributed by atoms with Crippen LogP contribution in [0.2, 0.25) is 0 Å². The summed E-state index contributed by atoms with van der Waals surface area (Å²) in [4.78, 5) is 24.7. The monoisotopic (exact) mass is 352 g/mol. The third kappa shape index (κ3) is 3.26. The van der Waals surface area contributed by atoms with Gasteiger partial charge >= 0.3 is 5.97 Å². The summed E-state index contributed by atoms with van der Waals surface area (Å²) in [5.74, 6) is 0.102. The molecule has 0 unspecified atom stereocenters. The predicted molar refractivity (Wildman–Crippen MR) is 99.6 cm³/mol. The lowest BCUT2D eigenvalue weighted by Gasteiger charge is -2.15. The third-order valence-corrected chi connectivity index (χ3v) is 4.30. The molecule has 1 atom stereocenters. The molecular weight excluding hydrogens is 332 g/mol. The van der Waals surface area contributed by atoms with Crippen molar-refractivity contribution in [3.63, 3.8) is 0 Å². The smallest absolute Gasteiger partial charge is 0.340 e. The number of anilines is 1. The van der Waals surface area contributed by atoms with Crippen LogP contribution in [-0.4, -0.2) is 30.7 Å². The number of fused-ring (bicyclic) bond motifs is 1. The molecule has 0 spiro atoms. The van der Waals surface area contributed by atoms with E-state index < -0.39 is 12.0 Å².